The summed E-state index contributed by atoms with van der Waals surface area (Å²) in [7, 11) is 0. The maximum absolute atomic E-state index is 14.5. The van der Waals surface area contributed by atoms with E-state index in [0.717, 1.165) is 33.4 Å². The third kappa shape index (κ3) is 3.10. The standard InChI is InChI=1S/C34H28N2O3/c1-19-16-17-21(18-20(19)2)35-31(37)26-14-8-9-15-27(26)36-32(38)30-28-22-10-4-6-12-24(22)29(34(30,3)33(36)39)25-13-7-5-11-23(25)28/h4-18,28-30H,1-3H3,(H,35,37)/t28?,29?,30-,34+/m0/s1. The van der Waals surface area contributed by atoms with Crippen LogP contribution in [0.25, 0.3) is 0 Å². The number of rotatable bonds is 3. The quantitative estimate of drug-likeness (QED) is 0.326. The van der Waals surface area contributed by atoms with Gasteiger partial charge in [-0.25, -0.2) is 4.90 Å². The number of hydrogen-bond acceptors (Lipinski definition) is 3. The van der Waals surface area contributed by atoms with Crippen molar-refractivity contribution < 1.29 is 14.4 Å². The molecule has 2 atom stereocenters. The first-order valence-electron chi connectivity index (χ1n) is 13.4. The summed E-state index contributed by atoms with van der Waals surface area (Å²) in [4.78, 5) is 43.6. The summed E-state index contributed by atoms with van der Waals surface area (Å²) in [5.74, 6) is -1.85. The van der Waals surface area contributed by atoms with E-state index in [1.807, 2.05) is 63.2 Å². The normalized spacial score (nSPS) is 24.3. The second-order valence-corrected chi connectivity index (χ2v) is 11.2. The Morgan fingerprint density at radius 2 is 1.36 bits per heavy atom. The topological polar surface area (TPSA) is 66.5 Å². The van der Waals surface area contributed by atoms with Crippen molar-refractivity contribution in [2.75, 3.05) is 10.2 Å². The number of nitrogens with one attached hydrogen (secondary N) is 1. The molecule has 0 unspecified atom stereocenters. The van der Waals surface area contributed by atoms with Crippen LogP contribution in [0.15, 0.2) is 91.0 Å². The van der Waals surface area contributed by atoms with Gasteiger partial charge in [-0.2, -0.15) is 0 Å². The fourth-order valence-corrected chi connectivity index (χ4v) is 7.22. The van der Waals surface area contributed by atoms with Crippen molar-refractivity contribution in [2.24, 2.45) is 11.3 Å². The van der Waals surface area contributed by atoms with Crippen LogP contribution in [0.2, 0.25) is 0 Å². The van der Waals surface area contributed by atoms with E-state index in [-0.39, 0.29) is 29.6 Å². The van der Waals surface area contributed by atoms with Gasteiger partial charge in [0.2, 0.25) is 11.8 Å². The molecule has 1 aliphatic heterocycles. The molecule has 2 bridgehead atoms. The van der Waals surface area contributed by atoms with E-state index in [9.17, 15) is 14.4 Å². The van der Waals surface area contributed by atoms with Crippen LogP contribution >= 0.6 is 0 Å². The Morgan fingerprint density at radius 3 is 2.00 bits per heavy atom. The van der Waals surface area contributed by atoms with Crippen LogP contribution in [0.4, 0.5) is 11.4 Å². The Labute approximate surface area is 227 Å². The van der Waals surface area contributed by atoms with Gasteiger partial charge in [-0.15, -0.1) is 0 Å². The van der Waals surface area contributed by atoms with Crippen molar-refractivity contribution in [1.82, 2.24) is 0 Å². The molecule has 4 aromatic rings. The van der Waals surface area contributed by atoms with E-state index < -0.39 is 11.3 Å². The first-order valence-corrected chi connectivity index (χ1v) is 13.4. The molecule has 0 aromatic heterocycles. The van der Waals surface area contributed by atoms with Crippen molar-refractivity contribution in [2.45, 2.75) is 32.6 Å². The van der Waals surface area contributed by atoms with Gasteiger partial charge in [0.05, 0.1) is 22.6 Å². The van der Waals surface area contributed by atoms with Crippen molar-refractivity contribution in [3.8, 4) is 0 Å². The highest BCUT2D eigenvalue weighted by Crippen LogP contribution is 2.67. The van der Waals surface area contributed by atoms with Crippen LogP contribution in [0.1, 0.15) is 62.5 Å². The lowest BCUT2D eigenvalue weighted by atomic mass is 9.48. The van der Waals surface area contributed by atoms with Gasteiger partial charge in [-0.3, -0.25) is 14.4 Å². The summed E-state index contributed by atoms with van der Waals surface area (Å²) in [5.41, 5.74) is 7.00. The molecule has 0 radical (unpaired) electrons. The molecule has 0 saturated carbocycles. The Morgan fingerprint density at radius 1 is 0.769 bits per heavy atom. The second kappa shape index (κ2) is 8.24. The van der Waals surface area contributed by atoms with Crippen molar-refractivity contribution in [3.63, 3.8) is 0 Å². The zero-order valence-electron chi connectivity index (χ0n) is 22.1. The van der Waals surface area contributed by atoms with E-state index in [4.69, 9.17) is 0 Å². The fraction of sp³-hybridized carbons (Fsp3) is 0.206. The number of carbonyl (C=O) groups is 3. The van der Waals surface area contributed by atoms with Crippen LogP contribution < -0.4 is 10.2 Å². The highest BCUT2D eigenvalue weighted by Gasteiger charge is 2.69. The fourth-order valence-electron chi connectivity index (χ4n) is 7.22. The van der Waals surface area contributed by atoms with E-state index in [2.05, 4.69) is 29.6 Å². The average Bonchev–Trinajstić information content (AvgIpc) is 3.15. The molecule has 1 heterocycles. The predicted octanol–water partition coefficient (Wildman–Crippen LogP) is 6.34. The molecule has 1 fully saturated rings. The highest BCUT2D eigenvalue weighted by atomic mass is 16.2. The zero-order valence-corrected chi connectivity index (χ0v) is 22.1. The zero-order chi connectivity index (χ0) is 27.1. The van der Waals surface area contributed by atoms with E-state index in [1.165, 1.54) is 4.90 Å². The number of benzene rings is 4. The van der Waals surface area contributed by atoms with Crippen LogP contribution in [0.3, 0.4) is 0 Å². The van der Waals surface area contributed by atoms with Crippen molar-refractivity contribution >= 4 is 29.1 Å². The lowest BCUT2D eigenvalue weighted by Crippen LogP contribution is -2.49. The monoisotopic (exact) mass is 512 g/mol. The molecule has 5 nitrogen and oxygen atoms in total. The minimum Gasteiger partial charge on any atom is -0.322 e. The number of amides is 3. The third-order valence-corrected chi connectivity index (χ3v) is 9.17. The molecule has 5 heteroatoms. The maximum atomic E-state index is 14.5. The van der Waals surface area contributed by atoms with Gasteiger partial charge in [0, 0.05) is 17.5 Å². The first-order chi connectivity index (χ1) is 18.8. The van der Waals surface area contributed by atoms with Crippen LogP contribution in [0, 0.1) is 25.2 Å². The van der Waals surface area contributed by atoms with E-state index in [0.29, 0.717) is 16.9 Å². The second-order valence-electron chi connectivity index (χ2n) is 11.2. The predicted molar refractivity (Wildman–Crippen MR) is 151 cm³/mol. The minimum atomic E-state index is -0.956. The Kier molecular flexibility index (Phi) is 4.99. The number of para-hydroxylation sites is 1. The lowest BCUT2D eigenvalue weighted by Gasteiger charge is -2.51. The smallest absolute Gasteiger partial charge is 0.257 e. The lowest BCUT2D eigenvalue weighted by molar-refractivity contribution is -0.128. The summed E-state index contributed by atoms with van der Waals surface area (Å²) >= 11 is 0. The molecular formula is C34H28N2O3. The van der Waals surface area contributed by atoms with Crippen LogP contribution in [-0.2, 0) is 9.59 Å². The number of imide groups is 1. The highest BCUT2D eigenvalue weighted by molar-refractivity contribution is 6.27. The Hall–Kier alpha value is -4.51. The number of anilines is 2. The summed E-state index contributed by atoms with van der Waals surface area (Å²) in [6.07, 6.45) is 0. The molecule has 192 valence electrons. The summed E-state index contributed by atoms with van der Waals surface area (Å²) in [6, 6.07) is 29.0. The number of carbonyl (C=O) groups excluding carboxylic acids is 3. The van der Waals surface area contributed by atoms with Crippen molar-refractivity contribution in [3.05, 3.63) is 130 Å². The van der Waals surface area contributed by atoms with Crippen molar-refractivity contribution in [1.29, 1.82) is 0 Å². The van der Waals surface area contributed by atoms with Gasteiger partial charge in [0.1, 0.15) is 0 Å². The SMILES string of the molecule is Cc1ccc(NC(=O)c2ccccc2N2C(=O)[C@@H]3C4c5ccccc5C(c5ccccc54)[C@@]3(C)C2=O)cc1C. The summed E-state index contributed by atoms with van der Waals surface area (Å²) in [6.45, 7) is 5.96. The number of hydrogen-bond donors (Lipinski definition) is 1. The maximum Gasteiger partial charge on any atom is 0.257 e. The third-order valence-electron chi connectivity index (χ3n) is 9.17. The summed E-state index contributed by atoms with van der Waals surface area (Å²) in [5, 5.41) is 2.96. The largest absolute Gasteiger partial charge is 0.322 e. The number of aryl methyl sites for hydroxylation is 2. The van der Waals surface area contributed by atoms with Gasteiger partial charge >= 0.3 is 0 Å². The molecule has 39 heavy (non-hydrogen) atoms. The van der Waals surface area contributed by atoms with Gasteiger partial charge in [0.25, 0.3) is 5.91 Å². The van der Waals surface area contributed by atoms with Gasteiger partial charge in [-0.05, 0) is 78.4 Å². The molecule has 0 spiro atoms. The van der Waals surface area contributed by atoms with Crippen LogP contribution in [-0.4, -0.2) is 17.7 Å². The minimum absolute atomic E-state index is 0.217. The van der Waals surface area contributed by atoms with Crippen LogP contribution in [0.5, 0.6) is 0 Å². The molecule has 4 aliphatic rings. The molecule has 1 saturated heterocycles. The molecule has 1 N–H and O–H groups in total. The Bertz CT molecular complexity index is 1680. The molecule has 8 rings (SSSR count). The van der Waals surface area contributed by atoms with Gasteiger partial charge in [-0.1, -0.05) is 66.7 Å². The molecular weight excluding hydrogens is 484 g/mol. The van der Waals surface area contributed by atoms with E-state index in [1.54, 1.807) is 24.3 Å². The van der Waals surface area contributed by atoms with Gasteiger partial charge < -0.3 is 5.32 Å². The molecule has 4 aromatic carbocycles. The number of nitrogens with zero attached hydrogens (tertiary/aromatic N) is 1. The molecule has 3 aliphatic carbocycles. The summed E-state index contributed by atoms with van der Waals surface area (Å²) < 4.78 is 0. The van der Waals surface area contributed by atoms with E-state index >= 15 is 0 Å². The first kappa shape index (κ1) is 23.6. The average molecular weight is 513 g/mol. The van der Waals surface area contributed by atoms with Gasteiger partial charge in [0.15, 0.2) is 0 Å². The molecule has 3 amide bonds. The Balaban J connectivity index is 1.34.